The largest absolute Gasteiger partial charge is 0.373 e. The maximum absolute atomic E-state index is 6.23. The van der Waals surface area contributed by atoms with E-state index in [9.17, 15) is 0 Å². The monoisotopic (exact) mass is 288 g/mol. The van der Waals surface area contributed by atoms with Gasteiger partial charge in [0.2, 0.25) is 0 Å². The van der Waals surface area contributed by atoms with Crippen molar-refractivity contribution in [3.05, 3.63) is 35.7 Å². The summed E-state index contributed by atoms with van der Waals surface area (Å²) in [7, 11) is 0. The zero-order valence-corrected chi connectivity index (χ0v) is 14.0. The van der Waals surface area contributed by atoms with Crippen LogP contribution < -0.4 is 0 Å². The number of hydrogen-bond acceptors (Lipinski definition) is 2. The van der Waals surface area contributed by atoms with Gasteiger partial charge in [-0.25, -0.2) is 4.52 Å². The molecule has 0 aromatic carbocycles. The number of rotatable bonds is 7. The average molecular weight is 288 g/mol. The Morgan fingerprint density at radius 2 is 1.95 bits per heavy atom. The van der Waals surface area contributed by atoms with Gasteiger partial charge in [0, 0.05) is 18.4 Å². The van der Waals surface area contributed by atoms with E-state index in [0.717, 1.165) is 25.1 Å². The van der Waals surface area contributed by atoms with E-state index in [1.54, 1.807) is 0 Å². The molecule has 3 nitrogen and oxygen atoms in total. The van der Waals surface area contributed by atoms with Crippen LogP contribution in [0.1, 0.15) is 70.7 Å². The first-order chi connectivity index (χ1) is 10.1. The molecule has 0 aliphatic heterocycles. The van der Waals surface area contributed by atoms with Gasteiger partial charge in [0.1, 0.15) is 0 Å². The van der Waals surface area contributed by atoms with E-state index in [4.69, 9.17) is 9.84 Å². The Labute approximate surface area is 128 Å². The van der Waals surface area contributed by atoms with Gasteiger partial charge in [-0.3, -0.25) is 0 Å². The molecule has 0 N–H and O–H groups in total. The lowest BCUT2D eigenvalue weighted by molar-refractivity contribution is 0.0197. The summed E-state index contributed by atoms with van der Waals surface area (Å²) in [6.45, 7) is 11.9. The third-order valence-corrected chi connectivity index (χ3v) is 3.84. The zero-order valence-electron chi connectivity index (χ0n) is 14.0. The number of fused-ring (bicyclic) bond motifs is 1. The van der Waals surface area contributed by atoms with E-state index in [1.165, 1.54) is 11.1 Å². The quantitative estimate of drug-likeness (QED) is 0.672. The van der Waals surface area contributed by atoms with Gasteiger partial charge in [0.25, 0.3) is 0 Å². The van der Waals surface area contributed by atoms with Crippen LogP contribution in [0.15, 0.2) is 24.4 Å². The smallest absolute Gasteiger partial charge is 0.0887 e. The highest BCUT2D eigenvalue weighted by molar-refractivity contribution is 5.58. The van der Waals surface area contributed by atoms with Gasteiger partial charge in [0.05, 0.1) is 17.3 Å². The lowest BCUT2D eigenvalue weighted by Crippen LogP contribution is -2.14. The average Bonchev–Trinajstić information content (AvgIpc) is 2.83. The van der Waals surface area contributed by atoms with Crippen molar-refractivity contribution >= 4 is 5.52 Å². The fourth-order valence-electron chi connectivity index (χ4n) is 2.72. The molecule has 1 atom stereocenters. The Bertz CT molecular complexity index is 572. The third-order valence-electron chi connectivity index (χ3n) is 3.84. The van der Waals surface area contributed by atoms with Crippen LogP contribution >= 0.6 is 0 Å². The molecule has 0 saturated carbocycles. The summed E-state index contributed by atoms with van der Waals surface area (Å²) in [5.41, 5.74) is 3.62. The van der Waals surface area contributed by atoms with Crippen molar-refractivity contribution in [3.63, 3.8) is 0 Å². The van der Waals surface area contributed by atoms with E-state index in [-0.39, 0.29) is 6.10 Å². The zero-order chi connectivity index (χ0) is 15.4. The second kappa shape index (κ2) is 7.08. The Morgan fingerprint density at radius 1 is 1.19 bits per heavy atom. The summed E-state index contributed by atoms with van der Waals surface area (Å²) in [5, 5.41) is 4.78. The Kier molecular flexibility index (Phi) is 5.40. The molecular formula is C18H28N2O. The minimum Gasteiger partial charge on any atom is -0.373 e. The summed E-state index contributed by atoms with van der Waals surface area (Å²) in [5.74, 6) is 0.837. The number of hydrogen-bond donors (Lipinski definition) is 0. The van der Waals surface area contributed by atoms with E-state index in [2.05, 4.69) is 46.8 Å². The van der Waals surface area contributed by atoms with Crippen LogP contribution in [0.3, 0.4) is 0 Å². The molecule has 21 heavy (non-hydrogen) atoms. The Balaban J connectivity index is 2.46. The van der Waals surface area contributed by atoms with Crippen molar-refractivity contribution < 1.29 is 4.74 Å². The predicted octanol–water partition coefficient (Wildman–Crippen LogP) is 4.97. The fourth-order valence-corrected chi connectivity index (χ4v) is 2.72. The van der Waals surface area contributed by atoms with Crippen molar-refractivity contribution in [1.29, 1.82) is 0 Å². The summed E-state index contributed by atoms with van der Waals surface area (Å²) in [4.78, 5) is 0. The number of pyridine rings is 1. The van der Waals surface area contributed by atoms with Crippen LogP contribution in [0.4, 0.5) is 0 Å². The molecule has 0 spiro atoms. The molecule has 2 heterocycles. The normalized spacial score (nSPS) is 13.5. The fraction of sp³-hybridized carbons (Fsp3) is 0.611. The number of aromatic nitrogens is 2. The molecule has 1 unspecified atom stereocenters. The standard InChI is InChI=1S/C18H28N2O/c1-6-7-12-21-18(14(4)5)16-15-10-8-9-11-20(15)19-17(16)13(2)3/h8-11,13-14,18H,6-7,12H2,1-5H3. The summed E-state index contributed by atoms with van der Waals surface area (Å²) >= 11 is 0. The topological polar surface area (TPSA) is 26.5 Å². The van der Waals surface area contributed by atoms with Crippen LogP contribution in [0, 0.1) is 5.92 Å². The summed E-state index contributed by atoms with van der Waals surface area (Å²) in [6.07, 6.45) is 4.42. The molecule has 0 bridgehead atoms. The van der Waals surface area contributed by atoms with Gasteiger partial charge in [0.15, 0.2) is 0 Å². The minimum absolute atomic E-state index is 0.119. The van der Waals surface area contributed by atoms with Crippen molar-refractivity contribution in [2.75, 3.05) is 6.61 Å². The highest BCUT2D eigenvalue weighted by Gasteiger charge is 2.26. The van der Waals surface area contributed by atoms with Crippen molar-refractivity contribution in [2.45, 2.75) is 59.5 Å². The number of ether oxygens (including phenoxy) is 1. The molecule has 0 saturated heterocycles. The van der Waals surface area contributed by atoms with Crippen molar-refractivity contribution in [3.8, 4) is 0 Å². The molecule has 116 valence electrons. The molecule has 0 aliphatic carbocycles. The molecule has 0 amide bonds. The molecule has 0 aliphatic rings. The Hall–Kier alpha value is -1.35. The van der Waals surface area contributed by atoms with Gasteiger partial charge in [-0.1, -0.05) is 47.1 Å². The van der Waals surface area contributed by atoms with E-state index in [1.807, 2.05) is 16.8 Å². The lowest BCUT2D eigenvalue weighted by atomic mass is 9.93. The molecular weight excluding hydrogens is 260 g/mol. The van der Waals surface area contributed by atoms with Crippen molar-refractivity contribution in [1.82, 2.24) is 9.61 Å². The van der Waals surface area contributed by atoms with Crippen molar-refractivity contribution in [2.24, 2.45) is 5.92 Å². The van der Waals surface area contributed by atoms with E-state index >= 15 is 0 Å². The second-order valence-corrected chi connectivity index (χ2v) is 6.37. The van der Waals surface area contributed by atoms with Gasteiger partial charge in [-0.15, -0.1) is 0 Å². The molecule has 0 radical (unpaired) electrons. The predicted molar refractivity (Wildman–Crippen MR) is 87.7 cm³/mol. The first kappa shape index (κ1) is 16.0. The lowest BCUT2D eigenvalue weighted by Gasteiger charge is -2.23. The molecule has 2 aromatic rings. The van der Waals surface area contributed by atoms with Crippen LogP contribution in [-0.4, -0.2) is 16.2 Å². The maximum Gasteiger partial charge on any atom is 0.0887 e. The van der Waals surface area contributed by atoms with Gasteiger partial charge < -0.3 is 4.74 Å². The van der Waals surface area contributed by atoms with Gasteiger partial charge in [-0.05, 0) is 30.4 Å². The second-order valence-electron chi connectivity index (χ2n) is 6.37. The van der Waals surface area contributed by atoms with Crippen LogP contribution in [-0.2, 0) is 4.74 Å². The highest BCUT2D eigenvalue weighted by Crippen LogP contribution is 2.35. The first-order valence-corrected chi connectivity index (χ1v) is 8.15. The maximum atomic E-state index is 6.23. The van der Waals surface area contributed by atoms with Crippen LogP contribution in [0.5, 0.6) is 0 Å². The highest BCUT2D eigenvalue weighted by atomic mass is 16.5. The third kappa shape index (κ3) is 3.46. The summed E-state index contributed by atoms with van der Waals surface area (Å²) in [6, 6.07) is 6.25. The van der Waals surface area contributed by atoms with Crippen LogP contribution in [0.2, 0.25) is 0 Å². The molecule has 2 rings (SSSR count). The summed E-state index contributed by atoms with van der Waals surface area (Å²) < 4.78 is 8.22. The number of nitrogens with zero attached hydrogens (tertiary/aromatic N) is 2. The van der Waals surface area contributed by atoms with Gasteiger partial charge >= 0.3 is 0 Å². The Morgan fingerprint density at radius 3 is 2.57 bits per heavy atom. The van der Waals surface area contributed by atoms with E-state index in [0.29, 0.717) is 11.8 Å². The SMILES string of the molecule is CCCCOC(c1c(C(C)C)nn2ccccc12)C(C)C. The molecule has 0 fully saturated rings. The first-order valence-electron chi connectivity index (χ1n) is 8.15. The van der Waals surface area contributed by atoms with Gasteiger partial charge in [-0.2, -0.15) is 5.10 Å². The van der Waals surface area contributed by atoms with E-state index < -0.39 is 0 Å². The number of unbranched alkanes of at least 4 members (excludes halogenated alkanes) is 1. The minimum atomic E-state index is 0.119. The molecule has 2 aromatic heterocycles. The molecule has 3 heteroatoms. The van der Waals surface area contributed by atoms with Crippen LogP contribution in [0.25, 0.3) is 5.52 Å².